The van der Waals surface area contributed by atoms with Crippen LogP contribution < -0.4 is 9.47 Å². The van der Waals surface area contributed by atoms with Gasteiger partial charge in [0.05, 0.1) is 12.0 Å². The maximum absolute atomic E-state index is 12.7. The molecule has 0 spiro atoms. The first-order valence-corrected chi connectivity index (χ1v) is 11.7. The summed E-state index contributed by atoms with van der Waals surface area (Å²) in [5.74, 6) is 1.08. The molecule has 5 heteroatoms. The molecule has 1 aliphatic heterocycles. The van der Waals surface area contributed by atoms with Crippen LogP contribution in [0.25, 0.3) is 0 Å². The van der Waals surface area contributed by atoms with E-state index in [1.54, 1.807) is 6.07 Å². The smallest absolute Gasteiger partial charge is 0.314 e. The lowest BCUT2D eigenvalue weighted by molar-refractivity contribution is -0.140. The monoisotopic (exact) mass is 423 g/mol. The van der Waals surface area contributed by atoms with E-state index in [1.807, 2.05) is 37.5 Å². The molecule has 0 saturated heterocycles. The highest BCUT2D eigenvalue weighted by Crippen LogP contribution is 2.39. The van der Waals surface area contributed by atoms with Crippen molar-refractivity contribution in [2.24, 2.45) is 5.92 Å². The minimum Gasteiger partial charge on any atom is -0.479 e. The molecule has 0 aromatic heterocycles. The van der Waals surface area contributed by atoms with Crippen molar-refractivity contribution in [2.75, 3.05) is 7.05 Å². The number of benzene rings is 1. The third-order valence-corrected chi connectivity index (χ3v) is 6.85. The van der Waals surface area contributed by atoms with Crippen LogP contribution in [-0.4, -0.2) is 29.8 Å². The van der Waals surface area contributed by atoms with Gasteiger partial charge in [-0.1, -0.05) is 37.8 Å². The molecule has 2 fully saturated rings. The van der Waals surface area contributed by atoms with Crippen LogP contribution in [0.2, 0.25) is 0 Å². The zero-order chi connectivity index (χ0) is 21.7. The van der Waals surface area contributed by atoms with Gasteiger partial charge < -0.3 is 14.4 Å². The van der Waals surface area contributed by atoms with Crippen LogP contribution in [0, 0.1) is 5.92 Å². The minimum absolute atomic E-state index is 0.00567. The van der Waals surface area contributed by atoms with Gasteiger partial charge in [-0.3, -0.25) is 9.59 Å². The molecule has 31 heavy (non-hydrogen) atoms. The summed E-state index contributed by atoms with van der Waals surface area (Å²) in [4.78, 5) is 26.8. The predicted octanol–water partition coefficient (Wildman–Crippen LogP) is 5.51. The molecule has 166 valence electrons. The summed E-state index contributed by atoms with van der Waals surface area (Å²) < 4.78 is 12.2. The maximum Gasteiger partial charge on any atom is 0.314 e. The van der Waals surface area contributed by atoms with Crippen molar-refractivity contribution < 1.29 is 19.1 Å². The van der Waals surface area contributed by atoms with E-state index < -0.39 is 5.60 Å². The van der Waals surface area contributed by atoms with Crippen molar-refractivity contribution in [1.82, 2.24) is 4.90 Å². The van der Waals surface area contributed by atoms with Gasteiger partial charge in [-0.2, -0.15) is 0 Å². The number of hydrogen-bond acceptors (Lipinski definition) is 5. The molecule has 1 unspecified atom stereocenters. The Kier molecular flexibility index (Phi) is 6.79. The molecule has 1 aromatic carbocycles. The van der Waals surface area contributed by atoms with Gasteiger partial charge in [-0.05, 0) is 69.0 Å². The highest BCUT2D eigenvalue weighted by atomic mass is 16.5. The fourth-order valence-corrected chi connectivity index (χ4v) is 4.97. The van der Waals surface area contributed by atoms with Gasteiger partial charge in [0.2, 0.25) is 0 Å². The topological polar surface area (TPSA) is 55.8 Å². The Labute approximate surface area is 185 Å². The van der Waals surface area contributed by atoms with E-state index in [4.69, 9.17) is 9.47 Å². The summed E-state index contributed by atoms with van der Waals surface area (Å²) in [6.45, 7) is 0. The Balaban J connectivity index is 1.61. The van der Waals surface area contributed by atoms with Gasteiger partial charge in [-0.25, -0.2) is 0 Å². The van der Waals surface area contributed by atoms with E-state index in [0.717, 1.165) is 69.6 Å². The third kappa shape index (κ3) is 5.03. The second-order valence-corrected chi connectivity index (χ2v) is 9.14. The third-order valence-electron chi connectivity index (χ3n) is 6.85. The quantitative estimate of drug-likeness (QED) is 0.343. The fourth-order valence-electron chi connectivity index (χ4n) is 4.97. The van der Waals surface area contributed by atoms with Gasteiger partial charge in [0.15, 0.2) is 11.9 Å². The second-order valence-electron chi connectivity index (χ2n) is 9.14. The SMILES string of the molecule is CN1C=CC=CC1c1cc(OC(=O)C2CCCCC2)ccc1OC1(C=O)CCCCC1. The van der Waals surface area contributed by atoms with Crippen LogP contribution in [-0.2, 0) is 9.59 Å². The minimum atomic E-state index is -0.764. The van der Waals surface area contributed by atoms with E-state index in [9.17, 15) is 9.59 Å². The van der Waals surface area contributed by atoms with Crippen LogP contribution in [0.15, 0.2) is 42.6 Å². The molecule has 0 amide bonds. The zero-order valence-electron chi connectivity index (χ0n) is 18.4. The van der Waals surface area contributed by atoms with E-state index in [-0.39, 0.29) is 17.9 Å². The molecule has 1 aromatic rings. The summed E-state index contributed by atoms with van der Waals surface area (Å²) in [7, 11) is 2.01. The molecule has 2 saturated carbocycles. The Morgan fingerprint density at radius 3 is 2.52 bits per heavy atom. The zero-order valence-corrected chi connectivity index (χ0v) is 18.4. The first-order valence-electron chi connectivity index (χ1n) is 11.7. The molecule has 1 atom stereocenters. The van der Waals surface area contributed by atoms with Crippen LogP contribution in [0.4, 0.5) is 0 Å². The standard InChI is InChI=1S/C26H33NO4/c1-27-17-9-6-12-23(27)22-18-21(30-25(29)20-10-4-2-5-11-20)13-14-24(22)31-26(19-28)15-7-3-8-16-26/h6,9,12-14,17-20,23H,2-5,7-8,10-11,15-16H2,1H3. The number of nitrogens with zero attached hydrogens (tertiary/aromatic N) is 1. The number of allylic oxidation sites excluding steroid dienone is 2. The van der Waals surface area contributed by atoms with Crippen LogP contribution in [0.5, 0.6) is 11.5 Å². The van der Waals surface area contributed by atoms with E-state index >= 15 is 0 Å². The number of rotatable bonds is 6. The summed E-state index contributed by atoms with van der Waals surface area (Å²) in [6, 6.07) is 5.50. The van der Waals surface area contributed by atoms with E-state index in [1.165, 1.54) is 6.42 Å². The second kappa shape index (κ2) is 9.71. The van der Waals surface area contributed by atoms with Crippen LogP contribution in [0.3, 0.4) is 0 Å². The molecule has 4 rings (SSSR count). The van der Waals surface area contributed by atoms with Gasteiger partial charge in [0.25, 0.3) is 0 Å². The summed E-state index contributed by atoms with van der Waals surface area (Å²) in [5, 5.41) is 0. The first-order chi connectivity index (χ1) is 15.1. The van der Waals surface area contributed by atoms with Crippen LogP contribution in [0.1, 0.15) is 75.8 Å². The molecular weight excluding hydrogens is 390 g/mol. The van der Waals surface area contributed by atoms with Crippen molar-refractivity contribution in [3.8, 4) is 11.5 Å². The van der Waals surface area contributed by atoms with Crippen molar-refractivity contribution in [3.05, 3.63) is 48.2 Å². The normalized spacial score (nSPS) is 23.4. The Hall–Kier alpha value is -2.56. The molecular formula is C26H33NO4. The summed E-state index contributed by atoms with van der Waals surface area (Å²) >= 11 is 0. The Morgan fingerprint density at radius 1 is 1.06 bits per heavy atom. The number of esters is 1. The molecule has 0 N–H and O–H groups in total. The molecule has 2 aliphatic carbocycles. The lowest BCUT2D eigenvalue weighted by Gasteiger charge is -2.35. The first kappa shape index (κ1) is 21.7. The average molecular weight is 424 g/mol. The van der Waals surface area contributed by atoms with Crippen molar-refractivity contribution >= 4 is 12.3 Å². The Morgan fingerprint density at radius 2 is 1.81 bits per heavy atom. The van der Waals surface area contributed by atoms with E-state index in [0.29, 0.717) is 11.5 Å². The van der Waals surface area contributed by atoms with Crippen LogP contribution >= 0.6 is 0 Å². The average Bonchev–Trinajstić information content (AvgIpc) is 2.81. The fraction of sp³-hybridized carbons (Fsp3) is 0.538. The molecule has 5 nitrogen and oxygen atoms in total. The van der Waals surface area contributed by atoms with Gasteiger partial charge in [0.1, 0.15) is 11.5 Å². The predicted molar refractivity (Wildman–Crippen MR) is 120 cm³/mol. The number of ether oxygens (including phenoxy) is 2. The maximum atomic E-state index is 12.7. The van der Waals surface area contributed by atoms with Gasteiger partial charge in [-0.15, -0.1) is 0 Å². The molecule has 0 bridgehead atoms. The molecule has 0 radical (unpaired) electrons. The molecule has 3 aliphatic rings. The summed E-state index contributed by atoms with van der Waals surface area (Å²) in [6.07, 6.45) is 18.9. The highest BCUT2D eigenvalue weighted by Gasteiger charge is 2.35. The molecule has 1 heterocycles. The van der Waals surface area contributed by atoms with Crippen molar-refractivity contribution in [3.63, 3.8) is 0 Å². The number of aldehydes is 1. The largest absolute Gasteiger partial charge is 0.479 e. The number of likely N-dealkylation sites (N-methyl/N-ethyl adjacent to an activating group) is 1. The number of carbonyl (C=O) groups excluding carboxylic acids is 2. The van der Waals surface area contributed by atoms with Gasteiger partial charge in [0, 0.05) is 12.6 Å². The lowest BCUT2D eigenvalue weighted by Crippen LogP contribution is -2.40. The summed E-state index contributed by atoms with van der Waals surface area (Å²) in [5.41, 5.74) is 0.143. The number of carbonyl (C=O) groups is 2. The number of hydrogen-bond donors (Lipinski definition) is 0. The highest BCUT2D eigenvalue weighted by molar-refractivity contribution is 5.75. The van der Waals surface area contributed by atoms with Crippen molar-refractivity contribution in [1.29, 1.82) is 0 Å². The lowest BCUT2D eigenvalue weighted by atomic mass is 9.85. The van der Waals surface area contributed by atoms with Crippen molar-refractivity contribution in [2.45, 2.75) is 75.9 Å². The Bertz CT molecular complexity index is 847. The van der Waals surface area contributed by atoms with E-state index in [2.05, 4.69) is 11.0 Å². The van der Waals surface area contributed by atoms with Gasteiger partial charge >= 0.3 is 5.97 Å².